The van der Waals surface area contributed by atoms with Crippen LogP contribution in [0, 0.1) is 6.92 Å². The lowest BCUT2D eigenvalue weighted by Crippen LogP contribution is -2.10. The highest BCUT2D eigenvalue weighted by atomic mass is 35.5. The molecule has 2 rings (SSSR count). The fourth-order valence-electron chi connectivity index (χ4n) is 1.96. The van der Waals surface area contributed by atoms with Crippen LogP contribution in [0.15, 0.2) is 18.2 Å². The van der Waals surface area contributed by atoms with Gasteiger partial charge in [-0.1, -0.05) is 11.6 Å². The van der Waals surface area contributed by atoms with Crippen molar-refractivity contribution < 1.29 is 22.7 Å². The van der Waals surface area contributed by atoms with Gasteiger partial charge in [0.05, 0.1) is 22.9 Å². The van der Waals surface area contributed by atoms with Crippen molar-refractivity contribution in [1.29, 1.82) is 0 Å². The number of halogens is 4. The molecule has 0 saturated carbocycles. The minimum atomic E-state index is -4.62. The van der Waals surface area contributed by atoms with E-state index in [1.54, 1.807) is 6.92 Å². The third-order valence-corrected chi connectivity index (χ3v) is 3.47. The molecule has 0 aliphatic heterocycles. The Bertz CT molecular complexity index is 756. The van der Waals surface area contributed by atoms with Gasteiger partial charge in [-0.05, 0) is 32.0 Å². The largest absolute Gasteiger partial charge is 0.461 e. The molecule has 0 aliphatic rings. The molecule has 5 nitrogen and oxygen atoms in total. The van der Waals surface area contributed by atoms with Crippen LogP contribution >= 0.6 is 11.6 Å². The summed E-state index contributed by atoms with van der Waals surface area (Å²) in [5.41, 5.74) is 5.15. The van der Waals surface area contributed by atoms with Gasteiger partial charge in [0, 0.05) is 5.56 Å². The number of hydrogen-bond donors (Lipinski definition) is 1. The third kappa shape index (κ3) is 3.26. The Balaban J connectivity index is 2.56. The summed E-state index contributed by atoms with van der Waals surface area (Å²) in [7, 11) is 0. The summed E-state index contributed by atoms with van der Waals surface area (Å²) >= 11 is 5.58. The highest BCUT2D eigenvalue weighted by Gasteiger charge is 2.34. The smallest absolute Gasteiger partial charge is 0.417 e. The molecule has 23 heavy (non-hydrogen) atoms. The Hall–Kier alpha value is -2.22. The van der Waals surface area contributed by atoms with Crippen molar-refractivity contribution in [1.82, 2.24) is 9.78 Å². The Labute approximate surface area is 134 Å². The standard InChI is InChI=1S/C14H13ClF3N3O2/c1-3-23-13(22)11-7(2)12(19)21(20-11)8-4-5-10(15)9(6-8)14(16,17)18/h4-6H,3,19H2,1-2H3. The molecule has 0 spiro atoms. The molecule has 9 heteroatoms. The zero-order valence-corrected chi connectivity index (χ0v) is 13.0. The highest BCUT2D eigenvalue weighted by molar-refractivity contribution is 6.31. The Kier molecular flexibility index (Phi) is 4.56. The van der Waals surface area contributed by atoms with Crippen molar-refractivity contribution >= 4 is 23.4 Å². The highest BCUT2D eigenvalue weighted by Crippen LogP contribution is 2.36. The average Bonchev–Trinajstić information content (AvgIpc) is 2.75. The number of alkyl halides is 3. The van der Waals surface area contributed by atoms with E-state index in [9.17, 15) is 18.0 Å². The number of nitrogens with zero attached hydrogens (tertiary/aromatic N) is 2. The molecule has 1 aromatic carbocycles. The number of aromatic nitrogens is 2. The van der Waals surface area contributed by atoms with Gasteiger partial charge in [-0.3, -0.25) is 0 Å². The Morgan fingerprint density at radius 1 is 1.43 bits per heavy atom. The number of nitrogen functional groups attached to an aromatic ring is 1. The van der Waals surface area contributed by atoms with Crippen LogP contribution in [0.5, 0.6) is 0 Å². The summed E-state index contributed by atoms with van der Waals surface area (Å²) in [6, 6.07) is 3.25. The van der Waals surface area contributed by atoms with Crippen molar-refractivity contribution in [2.24, 2.45) is 0 Å². The fourth-order valence-corrected chi connectivity index (χ4v) is 2.19. The van der Waals surface area contributed by atoms with Gasteiger partial charge >= 0.3 is 12.1 Å². The van der Waals surface area contributed by atoms with Crippen LogP contribution in [0.25, 0.3) is 5.69 Å². The van der Waals surface area contributed by atoms with Gasteiger partial charge in [-0.25, -0.2) is 9.48 Å². The van der Waals surface area contributed by atoms with Crippen LogP contribution in [0.3, 0.4) is 0 Å². The molecule has 0 fully saturated rings. The molecule has 0 bridgehead atoms. The zero-order valence-electron chi connectivity index (χ0n) is 12.2. The van der Waals surface area contributed by atoms with E-state index in [1.807, 2.05) is 0 Å². The number of anilines is 1. The van der Waals surface area contributed by atoms with E-state index >= 15 is 0 Å². The molecule has 0 unspecified atom stereocenters. The molecule has 2 N–H and O–H groups in total. The van der Waals surface area contributed by atoms with E-state index in [4.69, 9.17) is 22.1 Å². The topological polar surface area (TPSA) is 70.1 Å². The molecule has 0 radical (unpaired) electrons. The predicted molar refractivity (Wildman–Crippen MR) is 78.7 cm³/mol. The van der Waals surface area contributed by atoms with Crippen LogP contribution in [0.1, 0.15) is 28.5 Å². The second-order valence-electron chi connectivity index (χ2n) is 4.65. The maximum Gasteiger partial charge on any atom is 0.417 e. The minimum Gasteiger partial charge on any atom is -0.461 e. The summed E-state index contributed by atoms with van der Waals surface area (Å²) in [6.45, 7) is 3.30. The van der Waals surface area contributed by atoms with Gasteiger partial charge in [0.2, 0.25) is 0 Å². The zero-order chi connectivity index (χ0) is 17.4. The quantitative estimate of drug-likeness (QED) is 0.861. The number of carbonyl (C=O) groups excluding carboxylic acids is 1. The van der Waals surface area contributed by atoms with Crippen molar-refractivity contribution in [3.05, 3.63) is 40.0 Å². The molecule has 0 saturated heterocycles. The average molecular weight is 348 g/mol. The second kappa shape index (κ2) is 6.11. The maximum absolute atomic E-state index is 12.9. The van der Waals surface area contributed by atoms with E-state index in [1.165, 1.54) is 13.0 Å². The first kappa shape index (κ1) is 17.1. The van der Waals surface area contributed by atoms with E-state index in [-0.39, 0.29) is 23.8 Å². The number of esters is 1. The van der Waals surface area contributed by atoms with Gasteiger partial charge < -0.3 is 10.5 Å². The number of hydrogen-bond acceptors (Lipinski definition) is 4. The Morgan fingerprint density at radius 2 is 2.09 bits per heavy atom. The van der Waals surface area contributed by atoms with Crippen LogP contribution < -0.4 is 5.73 Å². The summed E-state index contributed by atoms with van der Waals surface area (Å²) in [5, 5.41) is 3.52. The van der Waals surface area contributed by atoms with Crippen LogP contribution in [0.2, 0.25) is 5.02 Å². The maximum atomic E-state index is 12.9. The number of rotatable bonds is 3. The van der Waals surface area contributed by atoms with Crippen molar-refractivity contribution in [3.63, 3.8) is 0 Å². The number of ether oxygens (including phenoxy) is 1. The van der Waals surface area contributed by atoms with Gasteiger partial charge in [0.1, 0.15) is 5.82 Å². The van der Waals surface area contributed by atoms with Crippen LogP contribution in [0.4, 0.5) is 19.0 Å². The summed E-state index contributed by atoms with van der Waals surface area (Å²) in [5.74, 6) is -0.649. The first-order valence-electron chi connectivity index (χ1n) is 6.56. The number of carbonyl (C=O) groups is 1. The molecule has 2 aromatic rings. The van der Waals surface area contributed by atoms with Crippen LogP contribution in [-0.2, 0) is 10.9 Å². The van der Waals surface area contributed by atoms with Gasteiger partial charge in [0.25, 0.3) is 0 Å². The third-order valence-electron chi connectivity index (χ3n) is 3.14. The van der Waals surface area contributed by atoms with E-state index in [2.05, 4.69) is 5.10 Å². The first-order valence-corrected chi connectivity index (χ1v) is 6.94. The van der Waals surface area contributed by atoms with Gasteiger partial charge in [0.15, 0.2) is 5.69 Å². The predicted octanol–water partition coefficient (Wildman–Crippen LogP) is 3.61. The lowest BCUT2D eigenvalue weighted by Gasteiger charge is -2.11. The van der Waals surface area contributed by atoms with Crippen molar-refractivity contribution in [3.8, 4) is 5.69 Å². The molecule has 1 aromatic heterocycles. The SMILES string of the molecule is CCOC(=O)c1nn(-c2ccc(Cl)c(C(F)(F)F)c2)c(N)c1C. The summed E-state index contributed by atoms with van der Waals surface area (Å²) in [4.78, 5) is 11.8. The molecule has 124 valence electrons. The summed E-state index contributed by atoms with van der Waals surface area (Å²) in [6.07, 6.45) is -4.62. The molecule has 0 aliphatic carbocycles. The van der Waals surface area contributed by atoms with E-state index in [0.29, 0.717) is 5.56 Å². The lowest BCUT2D eigenvalue weighted by molar-refractivity contribution is -0.137. The van der Waals surface area contributed by atoms with E-state index < -0.39 is 22.7 Å². The Morgan fingerprint density at radius 3 is 2.65 bits per heavy atom. The first-order chi connectivity index (χ1) is 10.7. The molecule has 1 heterocycles. The molecular formula is C14H13ClF3N3O2. The van der Waals surface area contributed by atoms with Crippen molar-refractivity contribution in [2.75, 3.05) is 12.3 Å². The molecular weight excluding hydrogens is 335 g/mol. The summed E-state index contributed by atoms with van der Waals surface area (Å²) < 4.78 is 44.7. The molecule has 0 amide bonds. The van der Waals surface area contributed by atoms with Crippen LogP contribution in [-0.4, -0.2) is 22.4 Å². The van der Waals surface area contributed by atoms with Gasteiger partial charge in [-0.2, -0.15) is 18.3 Å². The minimum absolute atomic E-state index is 0.0397. The number of nitrogens with two attached hydrogens (primary N) is 1. The fraction of sp³-hybridized carbons (Fsp3) is 0.286. The van der Waals surface area contributed by atoms with Crippen molar-refractivity contribution in [2.45, 2.75) is 20.0 Å². The molecule has 0 atom stereocenters. The normalized spacial score (nSPS) is 11.6. The second-order valence-corrected chi connectivity index (χ2v) is 5.06. The van der Waals surface area contributed by atoms with Gasteiger partial charge in [-0.15, -0.1) is 0 Å². The monoisotopic (exact) mass is 347 g/mol. The van der Waals surface area contributed by atoms with E-state index in [0.717, 1.165) is 16.8 Å². The number of benzene rings is 1. The lowest BCUT2D eigenvalue weighted by atomic mass is 10.2.